The third-order valence-electron chi connectivity index (χ3n) is 1.66. The summed E-state index contributed by atoms with van der Waals surface area (Å²) in [7, 11) is 0. The molecule has 0 aliphatic rings. The van der Waals surface area contributed by atoms with Gasteiger partial charge in [-0.25, -0.2) is 0 Å². The van der Waals surface area contributed by atoms with Crippen LogP contribution in [0.25, 0.3) is 0 Å². The van der Waals surface area contributed by atoms with Crippen molar-refractivity contribution < 1.29 is 9.53 Å². The van der Waals surface area contributed by atoms with Crippen LogP contribution in [0.3, 0.4) is 0 Å². The van der Waals surface area contributed by atoms with E-state index in [1.54, 1.807) is 0 Å². The second kappa shape index (κ2) is 6.89. The highest BCUT2D eigenvalue weighted by Crippen LogP contribution is 2.04. The molecule has 0 spiro atoms. The number of nitrogens with one attached hydrogen (secondary N) is 1. The van der Waals surface area contributed by atoms with Gasteiger partial charge < -0.3 is 10.1 Å². The molecule has 3 nitrogen and oxygen atoms in total. The maximum atomic E-state index is 11.1. The Labute approximate surface area is 80.8 Å². The fourth-order valence-electron chi connectivity index (χ4n) is 1.15. The van der Waals surface area contributed by atoms with Gasteiger partial charge in [0.05, 0.1) is 12.2 Å². The summed E-state index contributed by atoms with van der Waals surface area (Å²) in [4.78, 5) is 11.1. The standard InChI is InChI=1S/C10H21NO2/c1-5-11-10(12)7-6-9(4)13-8(2)3/h8-9H,5-7H2,1-4H3,(H,11,12)/t9-/m1/s1. The van der Waals surface area contributed by atoms with Crippen LogP contribution in [0.2, 0.25) is 0 Å². The number of hydrogen-bond donors (Lipinski definition) is 1. The van der Waals surface area contributed by atoms with Gasteiger partial charge in [0, 0.05) is 13.0 Å². The van der Waals surface area contributed by atoms with Crippen LogP contribution in [-0.4, -0.2) is 24.7 Å². The smallest absolute Gasteiger partial charge is 0.220 e. The van der Waals surface area contributed by atoms with E-state index < -0.39 is 0 Å². The molecule has 0 saturated carbocycles. The molecule has 0 aliphatic carbocycles. The Bertz CT molecular complexity index is 146. The highest BCUT2D eigenvalue weighted by atomic mass is 16.5. The molecular formula is C10H21NO2. The minimum Gasteiger partial charge on any atom is -0.376 e. The van der Waals surface area contributed by atoms with Gasteiger partial charge in [-0.1, -0.05) is 0 Å². The van der Waals surface area contributed by atoms with E-state index in [2.05, 4.69) is 5.32 Å². The number of rotatable bonds is 6. The van der Waals surface area contributed by atoms with Crippen molar-refractivity contribution in [3.05, 3.63) is 0 Å². The van der Waals surface area contributed by atoms with Crippen LogP contribution in [0.1, 0.15) is 40.5 Å². The highest BCUT2D eigenvalue weighted by Gasteiger charge is 2.07. The first-order chi connectivity index (χ1) is 6.06. The minimum atomic E-state index is 0.113. The largest absolute Gasteiger partial charge is 0.376 e. The highest BCUT2D eigenvalue weighted by molar-refractivity contribution is 5.75. The molecule has 1 amide bonds. The molecular weight excluding hydrogens is 166 g/mol. The molecule has 0 aromatic carbocycles. The van der Waals surface area contributed by atoms with Crippen molar-refractivity contribution in [2.75, 3.05) is 6.54 Å². The monoisotopic (exact) mass is 187 g/mol. The summed E-state index contributed by atoms with van der Waals surface area (Å²) in [6, 6.07) is 0. The summed E-state index contributed by atoms with van der Waals surface area (Å²) < 4.78 is 5.50. The first kappa shape index (κ1) is 12.4. The summed E-state index contributed by atoms with van der Waals surface area (Å²) in [5, 5.41) is 2.76. The van der Waals surface area contributed by atoms with E-state index in [-0.39, 0.29) is 18.1 Å². The van der Waals surface area contributed by atoms with Gasteiger partial charge in [0.15, 0.2) is 0 Å². The minimum absolute atomic E-state index is 0.113. The van der Waals surface area contributed by atoms with Gasteiger partial charge in [-0.3, -0.25) is 4.79 Å². The molecule has 13 heavy (non-hydrogen) atoms. The zero-order chi connectivity index (χ0) is 10.3. The predicted molar refractivity (Wildman–Crippen MR) is 53.6 cm³/mol. The molecule has 1 atom stereocenters. The van der Waals surface area contributed by atoms with Crippen LogP contribution in [-0.2, 0) is 9.53 Å². The number of amides is 1. The SMILES string of the molecule is CCNC(=O)CC[C@@H](C)OC(C)C. The summed E-state index contributed by atoms with van der Waals surface area (Å²) in [5.41, 5.74) is 0. The van der Waals surface area contributed by atoms with Crippen LogP contribution < -0.4 is 5.32 Å². The van der Waals surface area contributed by atoms with Crippen molar-refractivity contribution >= 4 is 5.91 Å². The van der Waals surface area contributed by atoms with E-state index in [1.807, 2.05) is 27.7 Å². The van der Waals surface area contributed by atoms with Gasteiger partial charge >= 0.3 is 0 Å². The van der Waals surface area contributed by atoms with Crippen LogP contribution in [0.4, 0.5) is 0 Å². The molecule has 78 valence electrons. The quantitative estimate of drug-likeness (QED) is 0.687. The van der Waals surface area contributed by atoms with Crippen LogP contribution in [0.15, 0.2) is 0 Å². The molecule has 0 aliphatic heterocycles. The summed E-state index contributed by atoms with van der Waals surface area (Å²) in [6.45, 7) is 8.63. The number of carbonyl (C=O) groups excluding carboxylic acids is 1. The fraction of sp³-hybridized carbons (Fsp3) is 0.900. The van der Waals surface area contributed by atoms with Gasteiger partial charge in [-0.2, -0.15) is 0 Å². The van der Waals surface area contributed by atoms with E-state index in [1.165, 1.54) is 0 Å². The lowest BCUT2D eigenvalue weighted by Gasteiger charge is -2.15. The van der Waals surface area contributed by atoms with E-state index >= 15 is 0 Å². The second-order valence-electron chi connectivity index (χ2n) is 3.49. The van der Waals surface area contributed by atoms with E-state index in [9.17, 15) is 4.79 Å². The molecule has 1 N–H and O–H groups in total. The van der Waals surface area contributed by atoms with Gasteiger partial charge in [0.25, 0.3) is 0 Å². The van der Waals surface area contributed by atoms with Crippen molar-refractivity contribution in [2.24, 2.45) is 0 Å². The van der Waals surface area contributed by atoms with Gasteiger partial charge in [-0.05, 0) is 34.1 Å². The summed E-state index contributed by atoms with van der Waals surface area (Å²) in [5.74, 6) is 0.113. The molecule has 3 heteroatoms. The first-order valence-corrected chi connectivity index (χ1v) is 4.98. The van der Waals surface area contributed by atoms with Gasteiger partial charge in [-0.15, -0.1) is 0 Å². The number of hydrogen-bond acceptors (Lipinski definition) is 2. The Morgan fingerprint density at radius 3 is 2.46 bits per heavy atom. The average molecular weight is 187 g/mol. The van der Waals surface area contributed by atoms with Crippen molar-refractivity contribution in [3.63, 3.8) is 0 Å². The first-order valence-electron chi connectivity index (χ1n) is 4.98. The zero-order valence-corrected chi connectivity index (χ0v) is 9.09. The van der Waals surface area contributed by atoms with Crippen molar-refractivity contribution in [3.8, 4) is 0 Å². The van der Waals surface area contributed by atoms with Crippen LogP contribution >= 0.6 is 0 Å². The van der Waals surface area contributed by atoms with E-state index in [0.717, 1.165) is 6.42 Å². The zero-order valence-electron chi connectivity index (χ0n) is 9.09. The molecule has 0 saturated heterocycles. The lowest BCUT2D eigenvalue weighted by molar-refractivity contribution is -0.121. The topological polar surface area (TPSA) is 38.3 Å². The van der Waals surface area contributed by atoms with Crippen LogP contribution in [0, 0.1) is 0 Å². The third kappa shape index (κ3) is 7.78. The molecule has 0 fully saturated rings. The number of ether oxygens (including phenoxy) is 1. The Morgan fingerprint density at radius 1 is 1.38 bits per heavy atom. The lowest BCUT2D eigenvalue weighted by atomic mass is 10.2. The lowest BCUT2D eigenvalue weighted by Crippen LogP contribution is -2.24. The van der Waals surface area contributed by atoms with Gasteiger partial charge in [0.2, 0.25) is 5.91 Å². The molecule has 0 unspecified atom stereocenters. The molecule has 0 rings (SSSR count). The predicted octanol–water partition coefficient (Wildman–Crippen LogP) is 1.72. The van der Waals surface area contributed by atoms with Gasteiger partial charge in [0.1, 0.15) is 0 Å². The Morgan fingerprint density at radius 2 is 2.00 bits per heavy atom. The molecule has 0 bridgehead atoms. The Hall–Kier alpha value is -0.570. The average Bonchev–Trinajstić information content (AvgIpc) is 2.00. The summed E-state index contributed by atoms with van der Waals surface area (Å²) in [6.07, 6.45) is 1.76. The fourth-order valence-corrected chi connectivity index (χ4v) is 1.15. The molecule has 0 aromatic rings. The second-order valence-corrected chi connectivity index (χ2v) is 3.49. The maximum Gasteiger partial charge on any atom is 0.220 e. The molecule has 0 radical (unpaired) electrons. The normalized spacial score (nSPS) is 13.0. The van der Waals surface area contributed by atoms with E-state index in [0.29, 0.717) is 13.0 Å². The van der Waals surface area contributed by atoms with Crippen molar-refractivity contribution in [1.29, 1.82) is 0 Å². The van der Waals surface area contributed by atoms with Crippen molar-refractivity contribution in [2.45, 2.75) is 52.7 Å². The third-order valence-corrected chi connectivity index (χ3v) is 1.66. The van der Waals surface area contributed by atoms with Crippen LogP contribution in [0.5, 0.6) is 0 Å². The summed E-state index contributed by atoms with van der Waals surface area (Å²) >= 11 is 0. The number of carbonyl (C=O) groups is 1. The van der Waals surface area contributed by atoms with Crippen molar-refractivity contribution in [1.82, 2.24) is 5.32 Å². The molecule has 0 heterocycles. The molecule has 0 aromatic heterocycles. The Balaban J connectivity index is 3.45. The maximum absolute atomic E-state index is 11.1. The Kier molecular flexibility index (Phi) is 6.59. The van der Waals surface area contributed by atoms with E-state index in [4.69, 9.17) is 4.74 Å².